The van der Waals surface area contributed by atoms with Crippen molar-refractivity contribution in [3.8, 4) is 17.2 Å². The Labute approximate surface area is 156 Å². The van der Waals surface area contributed by atoms with Gasteiger partial charge in [-0.15, -0.1) is 0 Å². The second-order valence-corrected chi connectivity index (χ2v) is 5.66. The molecule has 7 nitrogen and oxygen atoms in total. The first-order valence-corrected chi connectivity index (χ1v) is 8.28. The van der Waals surface area contributed by atoms with Crippen LogP contribution in [0, 0.1) is 0 Å². The molecule has 3 rings (SSSR count). The molecule has 140 valence electrons. The highest BCUT2D eigenvalue weighted by Gasteiger charge is 2.11. The lowest BCUT2D eigenvalue weighted by atomic mass is 10.2. The van der Waals surface area contributed by atoms with E-state index in [1.807, 2.05) is 30.3 Å². The Morgan fingerprint density at radius 2 is 1.74 bits per heavy atom. The predicted octanol–water partition coefficient (Wildman–Crippen LogP) is 3.37. The van der Waals surface area contributed by atoms with Crippen molar-refractivity contribution in [3.05, 3.63) is 54.3 Å². The number of carbonyl (C=O) groups is 1. The summed E-state index contributed by atoms with van der Waals surface area (Å²) in [6, 6.07) is 14.6. The Kier molecular flexibility index (Phi) is 5.61. The average Bonchev–Trinajstić information content (AvgIpc) is 3.15. The highest BCUT2D eigenvalue weighted by Crippen LogP contribution is 2.28. The van der Waals surface area contributed by atoms with E-state index in [1.165, 1.54) is 7.11 Å². The molecule has 0 bridgehead atoms. The molecule has 0 aliphatic carbocycles. The number of amides is 1. The molecule has 0 atom stereocenters. The molecule has 27 heavy (non-hydrogen) atoms. The van der Waals surface area contributed by atoms with Crippen LogP contribution in [0.15, 0.2) is 58.0 Å². The van der Waals surface area contributed by atoms with Crippen LogP contribution >= 0.6 is 0 Å². The summed E-state index contributed by atoms with van der Waals surface area (Å²) in [5.74, 6) is 1.83. The molecule has 1 heterocycles. The minimum atomic E-state index is -0.394. The van der Waals surface area contributed by atoms with Crippen molar-refractivity contribution in [2.75, 3.05) is 20.8 Å². The Hall–Kier alpha value is -3.48. The third kappa shape index (κ3) is 4.20. The van der Waals surface area contributed by atoms with Crippen LogP contribution in [-0.4, -0.2) is 32.4 Å². The molecule has 0 saturated heterocycles. The van der Waals surface area contributed by atoms with Crippen molar-refractivity contribution in [2.24, 2.45) is 5.10 Å². The van der Waals surface area contributed by atoms with E-state index in [0.717, 1.165) is 5.39 Å². The van der Waals surface area contributed by atoms with E-state index >= 15 is 0 Å². The van der Waals surface area contributed by atoms with Crippen LogP contribution in [0.1, 0.15) is 12.7 Å². The van der Waals surface area contributed by atoms with E-state index in [4.69, 9.17) is 18.6 Å². The van der Waals surface area contributed by atoms with Crippen molar-refractivity contribution in [3.63, 3.8) is 0 Å². The number of fused-ring (bicyclic) bond motifs is 1. The van der Waals surface area contributed by atoms with Gasteiger partial charge in [0.2, 0.25) is 0 Å². The predicted molar refractivity (Wildman–Crippen MR) is 102 cm³/mol. The molecule has 7 heteroatoms. The number of ether oxygens (including phenoxy) is 3. The molecule has 1 N–H and O–H groups in total. The number of methoxy groups -OCH3 is 2. The molecule has 0 aliphatic heterocycles. The minimum absolute atomic E-state index is 0.189. The van der Waals surface area contributed by atoms with Gasteiger partial charge in [0.1, 0.15) is 5.71 Å². The number of para-hydroxylation sites is 3. The number of furan rings is 1. The molecule has 2 aromatic carbocycles. The van der Waals surface area contributed by atoms with Gasteiger partial charge < -0.3 is 18.6 Å². The number of nitrogens with one attached hydrogen (secondary N) is 1. The van der Waals surface area contributed by atoms with Crippen molar-refractivity contribution >= 4 is 22.6 Å². The summed E-state index contributed by atoms with van der Waals surface area (Å²) >= 11 is 0. The molecule has 3 aromatic rings. The van der Waals surface area contributed by atoms with E-state index in [-0.39, 0.29) is 6.61 Å². The largest absolute Gasteiger partial charge is 0.493 e. The molecule has 0 radical (unpaired) electrons. The van der Waals surface area contributed by atoms with Crippen LogP contribution in [0.3, 0.4) is 0 Å². The van der Waals surface area contributed by atoms with Crippen LogP contribution in [0.5, 0.6) is 17.2 Å². The van der Waals surface area contributed by atoms with Crippen molar-refractivity contribution in [1.29, 1.82) is 0 Å². The van der Waals surface area contributed by atoms with Gasteiger partial charge >= 0.3 is 0 Å². The Morgan fingerprint density at radius 1 is 1.04 bits per heavy atom. The standard InChI is InChI=1S/C20H20N2O5/c1-13(18-11-14-7-6-10-17(25-3)20(14)27-18)21-22-19(23)12-26-16-9-5-4-8-15(16)24-2/h4-11H,12H2,1-3H3,(H,22,23)/b21-13-. The summed E-state index contributed by atoms with van der Waals surface area (Å²) in [5.41, 5.74) is 3.61. The molecule has 1 aromatic heterocycles. The maximum atomic E-state index is 12.0. The lowest BCUT2D eigenvalue weighted by Gasteiger charge is -2.09. The third-order valence-corrected chi connectivity index (χ3v) is 3.86. The van der Waals surface area contributed by atoms with Gasteiger partial charge in [0.15, 0.2) is 35.2 Å². The molecular formula is C20H20N2O5. The molecule has 0 spiro atoms. The van der Waals surface area contributed by atoms with Crippen LogP contribution < -0.4 is 19.6 Å². The Balaban J connectivity index is 1.64. The van der Waals surface area contributed by atoms with Gasteiger partial charge in [-0.3, -0.25) is 4.79 Å². The quantitative estimate of drug-likeness (QED) is 0.511. The maximum Gasteiger partial charge on any atom is 0.277 e. The first kappa shape index (κ1) is 18.3. The number of benzene rings is 2. The number of hydrogen-bond donors (Lipinski definition) is 1. The molecule has 0 saturated carbocycles. The summed E-state index contributed by atoms with van der Waals surface area (Å²) in [6.45, 7) is 1.55. The van der Waals surface area contributed by atoms with Gasteiger partial charge in [0, 0.05) is 5.39 Å². The number of rotatable bonds is 7. The summed E-state index contributed by atoms with van der Waals surface area (Å²) in [7, 11) is 3.12. The first-order valence-electron chi connectivity index (χ1n) is 8.28. The zero-order chi connectivity index (χ0) is 19.2. The van der Waals surface area contributed by atoms with Gasteiger partial charge in [-0.1, -0.05) is 24.3 Å². The first-order chi connectivity index (χ1) is 13.1. The topological polar surface area (TPSA) is 82.3 Å². The normalized spacial score (nSPS) is 11.3. The zero-order valence-electron chi connectivity index (χ0n) is 15.3. The second-order valence-electron chi connectivity index (χ2n) is 5.66. The number of hydrazone groups is 1. The van der Waals surface area contributed by atoms with Crippen LogP contribution in [-0.2, 0) is 4.79 Å². The van der Waals surface area contributed by atoms with Crippen molar-refractivity contribution in [1.82, 2.24) is 5.43 Å². The number of carbonyl (C=O) groups excluding carboxylic acids is 1. The molecule has 0 fully saturated rings. The van der Waals surface area contributed by atoms with Crippen LogP contribution in [0.25, 0.3) is 11.0 Å². The van der Waals surface area contributed by atoms with Gasteiger partial charge in [-0.2, -0.15) is 5.10 Å². The summed E-state index contributed by atoms with van der Waals surface area (Å²) in [5, 5.41) is 4.96. The fraction of sp³-hybridized carbons (Fsp3) is 0.200. The van der Waals surface area contributed by atoms with Gasteiger partial charge in [-0.25, -0.2) is 5.43 Å². The SMILES string of the molecule is COc1ccccc1OCC(=O)N/N=C(/C)c1cc2cccc(OC)c2o1. The fourth-order valence-corrected chi connectivity index (χ4v) is 2.49. The van der Waals surface area contributed by atoms with Gasteiger partial charge in [0.05, 0.1) is 14.2 Å². The summed E-state index contributed by atoms with van der Waals surface area (Å²) in [6.07, 6.45) is 0. The lowest BCUT2D eigenvalue weighted by Crippen LogP contribution is -2.25. The second kappa shape index (κ2) is 8.27. The third-order valence-electron chi connectivity index (χ3n) is 3.86. The van der Waals surface area contributed by atoms with Crippen LogP contribution in [0.4, 0.5) is 0 Å². The molecule has 0 unspecified atom stereocenters. The smallest absolute Gasteiger partial charge is 0.277 e. The van der Waals surface area contributed by atoms with E-state index in [1.54, 1.807) is 32.2 Å². The zero-order valence-corrected chi connectivity index (χ0v) is 15.3. The number of hydrogen-bond acceptors (Lipinski definition) is 6. The Bertz CT molecular complexity index is 977. The number of nitrogens with zero attached hydrogens (tertiary/aromatic N) is 1. The molecule has 1 amide bonds. The van der Waals surface area contributed by atoms with Crippen molar-refractivity contribution in [2.45, 2.75) is 6.92 Å². The highest BCUT2D eigenvalue weighted by molar-refractivity contribution is 6.01. The van der Waals surface area contributed by atoms with E-state index in [0.29, 0.717) is 34.3 Å². The maximum absolute atomic E-state index is 12.0. The molecule has 0 aliphatic rings. The summed E-state index contributed by atoms with van der Waals surface area (Å²) in [4.78, 5) is 12.0. The Morgan fingerprint density at radius 3 is 2.48 bits per heavy atom. The van der Waals surface area contributed by atoms with E-state index < -0.39 is 5.91 Å². The highest BCUT2D eigenvalue weighted by atomic mass is 16.5. The van der Waals surface area contributed by atoms with Crippen LogP contribution in [0.2, 0.25) is 0 Å². The lowest BCUT2D eigenvalue weighted by molar-refractivity contribution is -0.123. The van der Waals surface area contributed by atoms with E-state index in [9.17, 15) is 4.79 Å². The average molecular weight is 368 g/mol. The molecular weight excluding hydrogens is 348 g/mol. The monoisotopic (exact) mass is 368 g/mol. The van der Waals surface area contributed by atoms with Gasteiger partial charge in [-0.05, 0) is 31.2 Å². The summed E-state index contributed by atoms with van der Waals surface area (Å²) < 4.78 is 21.7. The van der Waals surface area contributed by atoms with Gasteiger partial charge in [0.25, 0.3) is 5.91 Å². The fourth-order valence-electron chi connectivity index (χ4n) is 2.49. The van der Waals surface area contributed by atoms with Crippen molar-refractivity contribution < 1.29 is 23.4 Å². The van der Waals surface area contributed by atoms with E-state index in [2.05, 4.69) is 10.5 Å². The minimum Gasteiger partial charge on any atom is -0.493 e.